The summed E-state index contributed by atoms with van der Waals surface area (Å²) in [5.41, 5.74) is 1.57. The standard InChI is InChI=1S/C11H14BrIO3S/c1-3-17(15,16)11(12,13)10(14)9-6-4-5-8(2)7-9/h4-7,10,14H,3H2,1-2H3/t10-,11+/m1/s1. The SMILES string of the molecule is CCS(=O)(=O)[C@@](Br)(I)[C@H](O)c1cccc(C)c1. The van der Waals surface area contributed by atoms with E-state index in [0.717, 1.165) is 5.56 Å². The fourth-order valence-corrected chi connectivity index (χ4v) is 4.50. The van der Waals surface area contributed by atoms with Gasteiger partial charge in [0.05, 0.1) is 0 Å². The van der Waals surface area contributed by atoms with E-state index in [2.05, 4.69) is 15.9 Å². The van der Waals surface area contributed by atoms with E-state index < -0.39 is 17.6 Å². The second-order valence-electron chi connectivity index (χ2n) is 3.78. The van der Waals surface area contributed by atoms with Crippen molar-refractivity contribution in [3.63, 3.8) is 0 Å². The molecule has 2 atom stereocenters. The van der Waals surface area contributed by atoms with Crippen LogP contribution in [-0.2, 0) is 9.84 Å². The Kier molecular flexibility index (Phi) is 5.02. The molecular weight excluding hydrogens is 419 g/mol. The Morgan fingerprint density at radius 3 is 2.59 bits per heavy atom. The van der Waals surface area contributed by atoms with Crippen LogP contribution in [0, 0.1) is 6.92 Å². The predicted molar refractivity (Wildman–Crippen MR) is 81.3 cm³/mol. The number of halogens is 2. The van der Waals surface area contributed by atoms with Gasteiger partial charge < -0.3 is 5.11 Å². The molecule has 0 aromatic heterocycles. The van der Waals surface area contributed by atoms with Gasteiger partial charge in [-0.1, -0.05) is 52.7 Å². The Hall–Kier alpha value is 0.340. The molecule has 1 rings (SSSR count). The van der Waals surface area contributed by atoms with E-state index in [0.29, 0.717) is 5.56 Å². The van der Waals surface area contributed by atoms with Gasteiger partial charge in [0, 0.05) is 5.75 Å². The lowest BCUT2D eigenvalue weighted by Gasteiger charge is -2.26. The van der Waals surface area contributed by atoms with Crippen LogP contribution in [0.2, 0.25) is 0 Å². The highest BCUT2D eigenvalue weighted by Crippen LogP contribution is 2.45. The van der Waals surface area contributed by atoms with Crippen LogP contribution in [0.3, 0.4) is 0 Å². The first-order valence-electron chi connectivity index (χ1n) is 5.07. The van der Waals surface area contributed by atoms with Gasteiger partial charge in [0.15, 0.2) is 9.84 Å². The van der Waals surface area contributed by atoms with Crippen molar-refractivity contribution in [2.75, 3.05) is 5.75 Å². The molecule has 0 saturated carbocycles. The van der Waals surface area contributed by atoms with Crippen molar-refractivity contribution in [1.82, 2.24) is 0 Å². The Balaban J connectivity index is 3.17. The van der Waals surface area contributed by atoms with Gasteiger partial charge in [-0.15, -0.1) is 0 Å². The smallest absolute Gasteiger partial charge is 0.207 e. The Bertz CT molecular complexity index is 499. The molecule has 96 valence electrons. The number of sulfone groups is 1. The average Bonchev–Trinajstić information content (AvgIpc) is 2.27. The number of aliphatic hydroxyl groups is 1. The third kappa shape index (κ3) is 3.21. The zero-order chi connectivity index (χ0) is 13.3. The van der Waals surface area contributed by atoms with Gasteiger partial charge in [-0.25, -0.2) is 8.42 Å². The highest BCUT2D eigenvalue weighted by atomic mass is 127. The molecule has 0 radical (unpaired) electrons. The minimum atomic E-state index is -3.40. The normalized spacial score (nSPS) is 17.5. The fourth-order valence-electron chi connectivity index (χ4n) is 1.40. The maximum Gasteiger partial charge on any atom is 0.207 e. The summed E-state index contributed by atoms with van der Waals surface area (Å²) < 4.78 is 22.4. The lowest BCUT2D eigenvalue weighted by Crippen LogP contribution is -2.33. The molecule has 0 heterocycles. The van der Waals surface area contributed by atoms with Crippen LogP contribution in [-0.4, -0.2) is 20.9 Å². The number of benzene rings is 1. The van der Waals surface area contributed by atoms with Crippen molar-refractivity contribution in [2.24, 2.45) is 0 Å². The van der Waals surface area contributed by atoms with Gasteiger partial charge >= 0.3 is 0 Å². The lowest BCUT2D eigenvalue weighted by molar-refractivity contribution is 0.191. The van der Waals surface area contributed by atoms with Crippen molar-refractivity contribution < 1.29 is 13.5 Å². The van der Waals surface area contributed by atoms with Crippen molar-refractivity contribution >= 4 is 48.4 Å². The van der Waals surface area contributed by atoms with E-state index in [4.69, 9.17) is 0 Å². The first-order valence-corrected chi connectivity index (χ1v) is 8.59. The molecule has 3 nitrogen and oxygen atoms in total. The molecular formula is C11H14BrIO3S. The third-order valence-electron chi connectivity index (χ3n) is 2.47. The minimum absolute atomic E-state index is 0.0237. The molecule has 0 aliphatic rings. The van der Waals surface area contributed by atoms with E-state index in [9.17, 15) is 13.5 Å². The number of hydrogen-bond donors (Lipinski definition) is 1. The number of aryl methyl sites for hydroxylation is 1. The summed E-state index contributed by atoms with van der Waals surface area (Å²) in [6.07, 6.45) is -1.10. The molecule has 0 amide bonds. The second kappa shape index (κ2) is 5.54. The van der Waals surface area contributed by atoms with Gasteiger partial charge in [0.25, 0.3) is 0 Å². The van der Waals surface area contributed by atoms with Crippen molar-refractivity contribution in [1.29, 1.82) is 0 Å². The summed E-state index contributed by atoms with van der Waals surface area (Å²) in [7, 11) is -3.40. The van der Waals surface area contributed by atoms with Crippen molar-refractivity contribution in [2.45, 2.75) is 21.6 Å². The van der Waals surface area contributed by atoms with Crippen molar-refractivity contribution in [3.8, 4) is 0 Å². The van der Waals surface area contributed by atoms with Gasteiger partial charge in [-0.2, -0.15) is 0 Å². The van der Waals surface area contributed by atoms with Crippen LogP contribution in [0.15, 0.2) is 24.3 Å². The number of alkyl halides is 2. The van der Waals surface area contributed by atoms with Crippen LogP contribution >= 0.6 is 38.5 Å². The Morgan fingerprint density at radius 1 is 1.53 bits per heavy atom. The fraction of sp³-hybridized carbons (Fsp3) is 0.455. The van der Waals surface area contributed by atoms with Crippen LogP contribution in [0.5, 0.6) is 0 Å². The summed E-state index contributed by atoms with van der Waals surface area (Å²) in [6.45, 7) is 3.46. The quantitative estimate of drug-likeness (QED) is 0.587. The molecule has 0 spiro atoms. The van der Waals surface area contributed by atoms with Crippen LogP contribution in [0.25, 0.3) is 0 Å². The summed E-state index contributed by atoms with van der Waals surface area (Å²) in [4.78, 5) is 0. The Labute approximate surface area is 124 Å². The molecule has 0 aliphatic heterocycles. The maximum absolute atomic E-state index is 11.9. The summed E-state index contributed by atoms with van der Waals surface area (Å²) in [5, 5.41) is 10.2. The monoisotopic (exact) mass is 432 g/mol. The molecule has 1 N–H and O–H groups in total. The van der Waals surface area contributed by atoms with E-state index >= 15 is 0 Å². The molecule has 1 aromatic carbocycles. The molecule has 0 bridgehead atoms. The average molecular weight is 433 g/mol. The topological polar surface area (TPSA) is 54.4 Å². The first kappa shape index (κ1) is 15.4. The minimum Gasteiger partial charge on any atom is -0.385 e. The third-order valence-corrected chi connectivity index (χ3v) is 8.80. The van der Waals surface area contributed by atoms with E-state index in [-0.39, 0.29) is 5.75 Å². The van der Waals surface area contributed by atoms with E-state index in [1.807, 2.05) is 13.0 Å². The maximum atomic E-state index is 11.9. The largest absolute Gasteiger partial charge is 0.385 e. The zero-order valence-electron chi connectivity index (χ0n) is 9.52. The molecule has 0 saturated heterocycles. The predicted octanol–water partition coefficient (Wildman–Crippen LogP) is 2.95. The summed E-state index contributed by atoms with van der Waals surface area (Å²) >= 11 is 4.88. The van der Waals surface area contributed by atoms with Gasteiger partial charge in [0.1, 0.15) is 6.10 Å². The molecule has 6 heteroatoms. The molecule has 0 aliphatic carbocycles. The molecule has 17 heavy (non-hydrogen) atoms. The Morgan fingerprint density at radius 2 is 2.12 bits per heavy atom. The summed E-state index contributed by atoms with van der Waals surface area (Å²) in [5.74, 6) is -0.0237. The van der Waals surface area contributed by atoms with E-state index in [1.54, 1.807) is 47.7 Å². The van der Waals surface area contributed by atoms with Crippen LogP contribution in [0.1, 0.15) is 24.2 Å². The van der Waals surface area contributed by atoms with E-state index in [1.165, 1.54) is 0 Å². The summed E-state index contributed by atoms with van der Waals surface area (Å²) in [6, 6.07) is 7.20. The van der Waals surface area contributed by atoms with Gasteiger partial charge in [-0.05, 0) is 35.1 Å². The lowest BCUT2D eigenvalue weighted by atomic mass is 10.1. The van der Waals surface area contributed by atoms with Crippen LogP contribution < -0.4 is 0 Å². The van der Waals surface area contributed by atoms with Gasteiger partial charge in [-0.3, -0.25) is 0 Å². The second-order valence-corrected chi connectivity index (χ2v) is 11.9. The highest BCUT2D eigenvalue weighted by molar-refractivity contribution is 14.1. The highest BCUT2D eigenvalue weighted by Gasteiger charge is 2.45. The van der Waals surface area contributed by atoms with Gasteiger partial charge in [0.2, 0.25) is 1.66 Å². The number of aliphatic hydroxyl groups excluding tert-OH is 1. The van der Waals surface area contributed by atoms with Crippen LogP contribution in [0.4, 0.5) is 0 Å². The number of hydrogen-bond acceptors (Lipinski definition) is 3. The van der Waals surface area contributed by atoms with Crippen molar-refractivity contribution in [3.05, 3.63) is 35.4 Å². The number of rotatable bonds is 4. The molecule has 0 fully saturated rings. The zero-order valence-corrected chi connectivity index (χ0v) is 14.1. The molecule has 0 unspecified atom stereocenters. The first-order chi connectivity index (χ1) is 7.72. The molecule has 1 aromatic rings.